The van der Waals surface area contributed by atoms with Crippen LogP contribution >= 0.6 is 15.9 Å². The zero-order valence-electron chi connectivity index (χ0n) is 13.0. The first-order chi connectivity index (χ1) is 11.3. The number of hydrogen-bond acceptors (Lipinski definition) is 4. The highest BCUT2D eigenvalue weighted by atomic mass is 79.9. The number of imide groups is 1. The molecule has 24 heavy (non-hydrogen) atoms. The minimum atomic E-state index is -0.935. The Balaban J connectivity index is 1.58. The molecule has 0 aromatic heterocycles. The molecule has 1 heterocycles. The summed E-state index contributed by atoms with van der Waals surface area (Å²) in [5, 5.41) is 2.65. The third-order valence-corrected chi connectivity index (χ3v) is 4.88. The monoisotopic (exact) mass is 398 g/mol. The van der Waals surface area contributed by atoms with Crippen LogP contribution in [0.2, 0.25) is 0 Å². The van der Waals surface area contributed by atoms with E-state index >= 15 is 0 Å². The Bertz CT molecular complexity index is 722. The zero-order chi connectivity index (χ0) is 17.5. The van der Waals surface area contributed by atoms with Crippen LogP contribution in [0.3, 0.4) is 0 Å². The van der Waals surface area contributed by atoms with Crippen LogP contribution in [0, 0.1) is 11.7 Å². The van der Waals surface area contributed by atoms with Gasteiger partial charge >= 0.3 is 12.0 Å². The molecule has 0 radical (unpaired) electrons. The summed E-state index contributed by atoms with van der Waals surface area (Å²) in [7, 11) is 0. The van der Waals surface area contributed by atoms with Crippen molar-refractivity contribution in [3.63, 3.8) is 0 Å². The standard InChI is InChI=1S/C16H16BrFN2O4/c1-16(10-3-4-10)14(22)20(15(23)19-16)7-13(21)24-8-9-2-5-11(17)6-12(9)18/h2,5-6,10H,3-4,7-8H2,1H3,(H,19,23)/t16-/m0/s1. The lowest BCUT2D eigenvalue weighted by Crippen LogP contribution is -2.46. The highest BCUT2D eigenvalue weighted by Crippen LogP contribution is 2.42. The molecule has 1 N–H and O–H groups in total. The fourth-order valence-corrected chi connectivity index (χ4v) is 3.10. The molecule has 0 bridgehead atoms. The first kappa shape index (κ1) is 16.9. The number of amides is 3. The smallest absolute Gasteiger partial charge is 0.326 e. The summed E-state index contributed by atoms with van der Waals surface area (Å²) in [6.07, 6.45) is 1.76. The Kier molecular flexibility index (Phi) is 4.33. The average molecular weight is 399 g/mol. The second-order valence-electron chi connectivity index (χ2n) is 6.19. The van der Waals surface area contributed by atoms with Gasteiger partial charge in [0.15, 0.2) is 0 Å². The number of hydrogen-bond donors (Lipinski definition) is 1. The highest BCUT2D eigenvalue weighted by Gasteiger charge is 2.56. The van der Waals surface area contributed by atoms with E-state index in [4.69, 9.17) is 4.74 Å². The van der Waals surface area contributed by atoms with E-state index in [1.807, 2.05) is 0 Å². The topological polar surface area (TPSA) is 75.7 Å². The fourth-order valence-electron chi connectivity index (χ4n) is 2.77. The molecule has 2 aliphatic rings. The normalized spacial score (nSPS) is 23.4. The molecule has 128 valence electrons. The Morgan fingerprint density at radius 3 is 2.79 bits per heavy atom. The third-order valence-electron chi connectivity index (χ3n) is 4.39. The summed E-state index contributed by atoms with van der Waals surface area (Å²) >= 11 is 3.14. The Labute approximate surface area is 146 Å². The molecule has 6 nitrogen and oxygen atoms in total. The number of benzene rings is 1. The van der Waals surface area contributed by atoms with Gasteiger partial charge in [0.2, 0.25) is 0 Å². The lowest BCUT2D eigenvalue weighted by atomic mass is 9.96. The molecule has 1 aromatic rings. The van der Waals surface area contributed by atoms with E-state index in [0.717, 1.165) is 17.7 Å². The van der Waals surface area contributed by atoms with Crippen LogP contribution in [0.5, 0.6) is 0 Å². The quantitative estimate of drug-likeness (QED) is 0.610. The average Bonchev–Trinajstić information content (AvgIpc) is 3.33. The minimum absolute atomic E-state index is 0.117. The summed E-state index contributed by atoms with van der Waals surface area (Å²) < 4.78 is 19.2. The molecule has 1 saturated carbocycles. The second kappa shape index (κ2) is 6.16. The molecule has 0 unspecified atom stereocenters. The third kappa shape index (κ3) is 3.15. The van der Waals surface area contributed by atoms with Crippen molar-refractivity contribution in [2.24, 2.45) is 5.92 Å². The molecule has 0 spiro atoms. The van der Waals surface area contributed by atoms with Crippen LogP contribution in [-0.4, -0.2) is 34.9 Å². The van der Waals surface area contributed by atoms with Gasteiger partial charge in [0, 0.05) is 10.0 Å². The van der Waals surface area contributed by atoms with Gasteiger partial charge in [0.1, 0.15) is 24.5 Å². The number of rotatable bonds is 5. The lowest BCUT2D eigenvalue weighted by Gasteiger charge is -2.20. The number of urea groups is 1. The SMILES string of the molecule is C[C@@]1(C2CC2)NC(=O)N(CC(=O)OCc2ccc(Br)cc2F)C1=O. The van der Waals surface area contributed by atoms with Crippen molar-refractivity contribution in [1.29, 1.82) is 0 Å². The molecule has 1 aliphatic carbocycles. The maximum atomic E-state index is 13.7. The van der Waals surface area contributed by atoms with E-state index in [-0.39, 0.29) is 18.1 Å². The summed E-state index contributed by atoms with van der Waals surface area (Å²) in [6, 6.07) is 3.79. The fraction of sp³-hybridized carbons (Fsp3) is 0.438. The van der Waals surface area contributed by atoms with E-state index in [1.54, 1.807) is 13.0 Å². The van der Waals surface area contributed by atoms with E-state index in [0.29, 0.717) is 4.47 Å². The first-order valence-corrected chi connectivity index (χ1v) is 8.34. The summed E-state index contributed by atoms with van der Waals surface area (Å²) in [4.78, 5) is 37.1. The number of ether oxygens (including phenoxy) is 1. The van der Waals surface area contributed by atoms with Crippen LogP contribution < -0.4 is 5.32 Å². The maximum Gasteiger partial charge on any atom is 0.326 e. The largest absolute Gasteiger partial charge is 0.459 e. The highest BCUT2D eigenvalue weighted by molar-refractivity contribution is 9.10. The van der Waals surface area contributed by atoms with Crippen LogP contribution in [-0.2, 0) is 20.9 Å². The van der Waals surface area contributed by atoms with E-state index in [9.17, 15) is 18.8 Å². The Morgan fingerprint density at radius 2 is 2.17 bits per heavy atom. The molecule has 3 amide bonds. The van der Waals surface area contributed by atoms with E-state index < -0.39 is 35.8 Å². The van der Waals surface area contributed by atoms with Crippen molar-refractivity contribution >= 4 is 33.8 Å². The van der Waals surface area contributed by atoms with Gasteiger partial charge in [-0.2, -0.15) is 0 Å². The van der Waals surface area contributed by atoms with Crippen LogP contribution in [0.4, 0.5) is 9.18 Å². The molecular formula is C16H16BrFN2O4. The summed E-state index contributed by atoms with van der Waals surface area (Å²) in [5.74, 6) is -1.57. The Morgan fingerprint density at radius 1 is 1.46 bits per heavy atom. The lowest BCUT2D eigenvalue weighted by molar-refractivity contribution is -0.149. The van der Waals surface area contributed by atoms with Crippen molar-refractivity contribution in [3.8, 4) is 0 Å². The van der Waals surface area contributed by atoms with Gasteiger partial charge in [-0.3, -0.25) is 14.5 Å². The second-order valence-corrected chi connectivity index (χ2v) is 7.11. The van der Waals surface area contributed by atoms with Crippen molar-refractivity contribution < 1.29 is 23.5 Å². The van der Waals surface area contributed by atoms with E-state index in [2.05, 4.69) is 21.2 Å². The van der Waals surface area contributed by atoms with Crippen molar-refractivity contribution in [2.45, 2.75) is 31.9 Å². The molecule has 3 rings (SSSR count). The number of nitrogens with one attached hydrogen (secondary N) is 1. The maximum absolute atomic E-state index is 13.7. The molecule has 1 saturated heterocycles. The summed E-state index contributed by atoms with van der Waals surface area (Å²) in [5.41, 5.74) is -0.721. The number of carbonyl (C=O) groups is 3. The first-order valence-electron chi connectivity index (χ1n) is 7.55. The van der Waals surface area contributed by atoms with Crippen molar-refractivity contribution in [1.82, 2.24) is 10.2 Å². The number of nitrogens with zero attached hydrogens (tertiary/aromatic N) is 1. The molecule has 1 aromatic carbocycles. The predicted octanol–water partition coefficient (Wildman–Crippen LogP) is 2.35. The van der Waals surface area contributed by atoms with Crippen LogP contribution in [0.15, 0.2) is 22.7 Å². The molecular weight excluding hydrogens is 383 g/mol. The van der Waals surface area contributed by atoms with Crippen LogP contribution in [0.25, 0.3) is 0 Å². The van der Waals surface area contributed by atoms with Gasteiger partial charge in [-0.25, -0.2) is 9.18 Å². The molecule has 2 fully saturated rings. The number of carbonyl (C=O) groups excluding carboxylic acids is 3. The van der Waals surface area contributed by atoms with Crippen LogP contribution in [0.1, 0.15) is 25.3 Å². The number of esters is 1. The molecule has 8 heteroatoms. The molecule has 1 aliphatic heterocycles. The Hall–Kier alpha value is -1.96. The minimum Gasteiger partial charge on any atom is -0.459 e. The number of halogens is 2. The van der Waals surface area contributed by atoms with Crippen molar-refractivity contribution in [3.05, 3.63) is 34.1 Å². The predicted molar refractivity (Wildman–Crippen MR) is 85.3 cm³/mol. The zero-order valence-corrected chi connectivity index (χ0v) is 14.6. The van der Waals surface area contributed by atoms with Gasteiger partial charge < -0.3 is 10.1 Å². The molecule has 1 atom stereocenters. The summed E-state index contributed by atoms with van der Waals surface area (Å²) in [6.45, 7) is 0.931. The van der Waals surface area contributed by atoms with Gasteiger partial charge in [0.25, 0.3) is 5.91 Å². The van der Waals surface area contributed by atoms with E-state index in [1.165, 1.54) is 12.1 Å². The van der Waals surface area contributed by atoms with Gasteiger partial charge in [0.05, 0.1) is 0 Å². The van der Waals surface area contributed by atoms with Gasteiger partial charge in [-0.15, -0.1) is 0 Å². The van der Waals surface area contributed by atoms with Gasteiger partial charge in [-0.1, -0.05) is 22.0 Å². The van der Waals surface area contributed by atoms with Crippen molar-refractivity contribution in [2.75, 3.05) is 6.54 Å². The van der Waals surface area contributed by atoms with Gasteiger partial charge in [-0.05, 0) is 37.8 Å².